The van der Waals surface area contributed by atoms with Crippen LogP contribution in [0.5, 0.6) is 0 Å². The molecule has 1 saturated heterocycles. The van der Waals surface area contributed by atoms with E-state index in [1.807, 2.05) is 25.9 Å². The number of rotatable bonds is 4. The van der Waals surface area contributed by atoms with Crippen LogP contribution in [-0.4, -0.2) is 65.7 Å². The predicted octanol–water partition coefficient (Wildman–Crippen LogP) is 1.36. The molecule has 1 aliphatic carbocycles. The Bertz CT molecular complexity index is 400. The van der Waals surface area contributed by atoms with Crippen LogP contribution in [-0.2, 0) is 4.79 Å². The van der Waals surface area contributed by atoms with Gasteiger partial charge in [0.1, 0.15) is 6.04 Å². The molecular formula is C15H27N3O3. The van der Waals surface area contributed by atoms with Crippen molar-refractivity contribution in [3.8, 4) is 0 Å². The van der Waals surface area contributed by atoms with Crippen molar-refractivity contribution in [3.63, 3.8) is 0 Å². The third-order valence-electron chi connectivity index (χ3n) is 5.04. The van der Waals surface area contributed by atoms with Gasteiger partial charge in [-0.1, -0.05) is 12.8 Å². The third kappa shape index (κ3) is 3.48. The summed E-state index contributed by atoms with van der Waals surface area (Å²) < 4.78 is 0. The van der Waals surface area contributed by atoms with Crippen molar-refractivity contribution in [2.75, 3.05) is 20.6 Å². The summed E-state index contributed by atoms with van der Waals surface area (Å²) in [5.74, 6) is -0.517. The molecule has 2 N–H and O–H groups in total. The Morgan fingerprint density at radius 3 is 2.62 bits per heavy atom. The van der Waals surface area contributed by atoms with E-state index < -0.39 is 12.0 Å². The number of aliphatic carboxylic acids is 1. The fourth-order valence-electron chi connectivity index (χ4n) is 3.48. The van der Waals surface area contributed by atoms with Gasteiger partial charge in [-0.15, -0.1) is 0 Å². The molecule has 0 aromatic carbocycles. The number of nitrogens with one attached hydrogen (secondary N) is 1. The van der Waals surface area contributed by atoms with Gasteiger partial charge < -0.3 is 20.2 Å². The highest BCUT2D eigenvalue weighted by molar-refractivity contribution is 5.83. The maximum absolute atomic E-state index is 12.5. The first-order chi connectivity index (χ1) is 9.91. The number of carbonyl (C=O) groups excluding carboxylic acids is 1. The molecule has 0 aromatic heterocycles. The molecule has 4 unspecified atom stereocenters. The molecule has 0 aromatic rings. The maximum Gasteiger partial charge on any atom is 0.326 e. The molecular weight excluding hydrogens is 270 g/mol. The van der Waals surface area contributed by atoms with Crippen LogP contribution in [0.3, 0.4) is 0 Å². The smallest absolute Gasteiger partial charge is 0.326 e. The second-order valence-electron chi connectivity index (χ2n) is 6.61. The van der Waals surface area contributed by atoms with Gasteiger partial charge in [0, 0.05) is 18.6 Å². The molecule has 0 spiro atoms. The second kappa shape index (κ2) is 6.64. The molecule has 0 radical (unpaired) electrons. The minimum Gasteiger partial charge on any atom is -0.480 e. The number of likely N-dealkylation sites (N-methyl/N-ethyl adjacent to an activating group) is 1. The quantitative estimate of drug-likeness (QED) is 0.822. The van der Waals surface area contributed by atoms with E-state index >= 15 is 0 Å². The van der Waals surface area contributed by atoms with Crippen LogP contribution in [0.15, 0.2) is 0 Å². The largest absolute Gasteiger partial charge is 0.480 e. The lowest BCUT2D eigenvalue weighted by molar-refractivity contribution is -0.141. The van der Waals surface area contributed by atoms with Crippen molar-refractivity contribution >= 4 is 12.0 Å². The van der Waals surface area contributed by atoms with Gasteiger partial charge in [0.2, 0.25) is 0 Å². The van der Waals surface area contributed by atoms with Gasteiger partial charge in [0.25, 0.3) is 0 Å². The van der Waals surface area contributed by atoms with E-state index in [4.69, 9.17) is 0 Å². The summed E-state index contributed by atoms with van der Waals surface area (Å²) in [5, 5.41) is 12.3. The van der Waals surface area contributed by atoms with Crippen LogP contribution >= 0.6 is 0 Å². The van der Waals surface area contributed by atoms with E-state index in [9.17, 15) is 14.7 Å². The van der Waals surface area contributed by atoms with Crippen LogP contribution in [0.2, 0.25) is 0 Å². The number of likely N-dealkylation sites (tertiary alicyclic amines) is 1. The summed E-state index contributed by atoms with van der Waals surface area (Å²) in [7, 11) is 3.92. The molecule has 2 rings (SSSR count). The molecule has 1 aliphatic heterocycles. The monoisotopic (exact) mass is 297 g/mol. The fourth-order valence-corrected chi connectivity index (χ4v) is 3.48. The Morgan fingerprint density at radius 2 is 2.00 bits per heavy atom. The number of amides is 2. The summed E-state index contributed by atoms with van der Waals surface area (Å²) in [6.45, 7) is 2.56. The zero-order valence-electron chi connectivity index (χ0n) is 13.2. The third-order valence-corrected chi connectivity index (χ3v) is 5.04. The molecule has 120 valence electrons. The van der Waals surface area contributed by atoms with Crippen molar-refractivity contribution in [3.05, 3.63) is 0 Å². The summed E-state index contributed by atoms with van der Waals surface area (Å²) in [4.78, 5) is 27.6. The van der Waals surface area contributed by atoms with Crippen LogP contribution in [0.1, 0.15) is 39.0 Å². The van der Waals surface area contributed by atoms with E-state index in [0.717, 1.165) is 25.7 Å². The SMILES string of the molecule is CC(CNC(=O)N1C(C(=O)O)CC2CCCCC21)N(C)C. The lowest BCUT2D eigenvalue weighted by Gasteiger charge is -2.33. The normalized spacial score (nSPS) is 30.1. The molecule has 6 nitrogen and oxygen atoms in total. The second-order valence-corrected chi connectivity index (χ2v) is 6.61. The number of carboxylic acid groups (broad SMARTS) is 1. The number of hydrogen-bond acceptors (Lipinski definition) is 3. The number of carboxylic acids is 1. The molecule has 2 fully saturated rings. The molecule has 0 bridgehead atoms. The lowest BCUT2D eigenvalue weighted by atomic mass is 9.85. The highest BCUT2D eigenvalue weighted by atomic mass is 16.4. The molecule has 4 atom stereocenters. The first-order valence-electron chi connectivity index (χ1n) is 7.87. The lowest BCUT2D eigenvalue weighted by Crippen LogP contribution is -2.52. The molecule has 2 amide bonds. The van der Waals surface area contributed by atoms with Crippen molar-refractivity contribution in [2.45, 2.75) is 57.2 Å². The van der Waals surface area contributed by atoms with Crippen molar-refractivity contribution < 1.29 is 14.7 Å². The van der Waals surface area contributed by atoms with Gasteiger partial charge in [-0.05, 0) is 46.2 Å². The first kappa shape index (κ1) is 16.1. The Morgan fingerprint density at radius 1 is 1.33 bits per heavy atom. The van der Waals surface area contributed by atoms with Gasteiger partial charge in [0.15, 0.2) is 0 Å². The number of fused-ring (bicyclic) bond motifs is 1. The maximum atomic E-state index is 12.5. The highest BCUT2D eigenvalue weighted by Gasteiger charge is 2.47. The Labute approximate surface area is 126 Å². The van der Waals surface area contributed by atoms with Gasteiger partial charge in [-0.2, -0.15) is 0 Å². The zero-order valence-corrected chi connectivity index (χ0v) is 13.2. The molecule has 1 heterocycles. The molecule has 1 saturated carbocycles. The zero-order chi connectivity index (χ0) is 15.6. The van der Waals surface area contributed by atoms with Gasteiger partial charge in [-0.3, -0.25) is 0 Å². The number of hydrogen-bond donors (Lipinski definition) is 2. The summed E-state index contributed by atoms with van der Waals surface area (Å²) in [6, 6.07) is -0.547. The summed E-state index contributed by atoms with van der Waals surface area (Å²) in [6.07, 6.45) is 4.83. The van der Waals surface area contributed by atoms with E-state index in [2.05, 4.69) is 5.32 Å². The number of carbonyl (C=O) groups is 2. The van der Waals surface area contributed by atoms with E-state index in [0.29, 0.717) is 18.9 Å². The van der Waals surface area contributed by atoms with Crippen LogP contribution in [0.4, 0.5) is 4.79 Å². The van der Waals surface area contributed by atoms with Crippen LogP contribution in [0, 0.1) is 5.92 Å². The predicted molar refractivity (Wildman–Crippen MR) is 80.2 cm³/mol. The Hall–Kier alpha value is -1.30. The van der Waals surface area contributed by atoms with E-state index in [-0.39, 0.29) is 18.1 Å². The minimum atomic E-state index is -0.875. The highest BCUT2D eigenvalue weighted by Crippen LogP contribution is 2.39. The van der Waals surface area contributed by atoms with Crippen molar-refractivity contribution in [1.29, 1.82) is 0 Å². The topological polar surface area (TPSA) is 72.9 Å². The number of urea groups is 1. The number of nitrogens with zero attached hydrogens (tertiary/aromatic N) is 2. The standard InChI is InChI=1S/C15H27N3O3/c1-10(17(2)3)9-16-15(21)18-12-7-5-4-6-11(12)8-13(18)14(19)20/h10-13H,4-9H2,1-3H3,(H,16,21)(H,19,20). The van der Waals surface area contributed by atoms with Crippen LogP contribution < -0.4 is 5.32 Å². The van der Waals surface area contributed by atoms with Crippen LogP contribution in [0.25, 0.3) is 0 Å². The fraction of sp³-hybridized carbons (Fsp3) is 0.867. The summed E-state index contributed by atoms with van der Waals surface area (Å²) in [5.41, 5.74) is 0. The summed E-state index contributed by atoms with van der Waals surface area (Å²) >= 11 is 0. The molecule has 21 heavy (non-hydrogen) atoms. The van der Waals surface area contributed by atoms with E-state index in [1.54, 1.807) is 4.90 Å². The molecule has 6 heteroatoms. The van der Waals surface area contributed by atoms with Gasteiger partial charge >= 0.3 is 12.0 Å². The van der Waals surface area contributed by atoms with Crippen molar-refractivity contribution in [1.82, 2.24) is 15.1 Å². The van der Waals surface area contributed by atoms with Gasteiger partial charge in [-0.25, -0.2) is 9.59 Å². The molecule has 2 aliphatic rings. The Kier molecular flexibility index (Phi) is 5.08. The van der Waals surface area contributed by atoms with E-state index in [1.165, 1.54) is 0 Å². The Balaban J connectivity index is 2.03. The first-order valence-corrected chi connectivity index (χ1v) is 7.87. The van der Waals surface area contributed by atoms with Crippen molar-refractivity contribution in [2.24, 2.45) is 5.92 Å². The van der Waals surface area contributed by atoms with Gasteiger partial charge in [0.05, 0.1) is 0 Å². The average Bonchev–Trinajstić information content (AvgIpc) is 2.83. The minimum absolute atomic E-state index is 0.106. The average molecular weight is 297 g/mol.